The zero-order valence-electron chi connectivity index (χ0n) is 13.5. The smallest absolute Gasteiger partial charge is 0.231 e. The van der Waals surface area contributed by atoms with E-state index >= 15 is 0 Å². The van der Waals surface area contributed by atoms with E-state index in [1.807, 2.05) is 33.8 Å². The molecule has 2 aromatic rings. The molecule has 0 radical (unpaired) electrons. The van der Waals surface area contributed by atoms with Crippen LogP contribution in [0.25, 0.3) is 0 Å². The molecule has 1 atom stereocenters. The lowest BCUT2D eigenvalue weighted by Crippen LogP contribution is -2.37. The van der Waals surface area contributed by atoms with Gasteiger partial charge in [-0.2, -0.15) is 5.10 Å². The minimum Gasteiger partial charge on any atom is -0.454 e. The van der Waals surface area contributed by atoms with E-state index in [1.165, 1.54) is 0 Å². The van der Waals surface area contributed by atoms with Crippen molar-refractivity contribution in [3.8, 4) is 11.5 Å². The van der Waals surface area contributed by atoms with Gasteiger partial charge in [-0.05, 0) is 23.8 Å². The van der Waals surface area contributed by atoms with Gasteiger partial charge in [0.2, 0.25) is 12.7 Å². The third kappa shape index (κ3) is 2.82. The number of aromatic nitrogens is 2. The molecule has 7 heteroatoms. The molecule has 0 saturated heterocycles. The molecule has 1 aromatic carbocycles. The molecule has 7 nitrogen and oxygen atoms in total. The number of rotatable bonds is 3. The Kier molecular flexibility index (Phi) is 3.86. The van der Waals surface area contributed by atoms with Gasteiger partial charge >= 0.3 is 0 Å². The number of hydrogen-bond acceptors (Lipinski definition) is 5. The van der Waals surface area contributed by atoms with Crippen LogP contribution in [0.5, 0.6) is 11.5 Å². The molecule has 3 heterocycles. The van der Waals surface area contributed by atoms with Gasteiger partial charge in [-0.15, -0.1) is 0 Å². The lowest BCUT2D eigenvalue weighted by atomic mass is 10.1. The monoisotopic (exact) mass is 329 g/mol. The first kappa shape index (κ1) is 15.0. The molecule has 1 aromatic heterocycles. The summed E-state index contributed by atoms with van der Waals surface area (Å²) >= 11 is 0. The molecule has 0 spiro atoms. The van der Waals surface area contributed by atoms with Crippen molar-refractivity contribution >= 4 is 5.91 Å². The van der Waals surface area contributed by atoms with Gasteiger partial charge in [0, 0.05) is 19.9 Å². The van der Waals surface area contributed by atoms with Crippen LogP contribution in [0.1, 0.15) is 11.3 Å². The van der Waals surface area contributed by atoms with E-state index in [-0.39, 0.29) is 18.8 Å². The van der Waals surface area contributed by atoms with Gasteiger partial charge in [-0.25, -0.2) is 0 Å². The van der Waals surface area contributed by atoms with E-state index in [4.69, 9.17) is 14.2 Å². The van der Waals surface area contributed by atoms with E-state index in [0.717, 1.165) is 17.0 Å². The van der Waals surface area contributed by atoms with Crippen LogP contribution in [0.2, 0.25) is 0 Å². The van der Waals surface area contributed by atoms with Crippen molar-refractivity contribution in [2.24, 2.45) is 0 Å². The van der Waals surface area contributed by atoms with Crippen molar-refractivity contribution in [2.75, 3.05) is 20.4 Å². The molecule has 0 bridgehead atoms. The summed E-state index contributed by atoms with van der Waals surface area (Å²) in [6.07, 6.45) is 2.02. The zero-order valence-corrected chi connectivity index (χ0v) is 13.5. The van der Waals surface area contributed by atoms with Crippen LogP contribution in [0.15, 0.2) is 30.5 Å². The molecular weight excluding hydrogens is 310 g/mol. The minimum atomic E-state index is -0.0631. The fraction of sp³-hybridized carbons (Fsp3) is 0.412. The lowest BCUT2D eigenvalue weighted by Gasteiger charge is -2.23. The van der Waals surface area contributed by atoms with Crippen LogP contribution < -0.4 is 9.47 Å². The van der Waals surface area contributed by atoms with Crippen molar-refractivity contribution in [1.29, 1.82) is 0 Å². The first-order valence-electron chi connectivity index (χ1n) is 7.92. The Morgan fingerprint density at radius 3 is 3.04 bits per heavy atom. The Morgan fingerprint density at radius 2 is 2.17 bits per heavy atom. The van der Waals surface area contributed by atoms with Gasteiger partial charge in [0.05, 0.1) is 31.3 Å². The fourth-order valence-corrected chi connectivity index (χ4v) is 3.09. The highest BCUT2D eigenvalue weighted by Gasteiger charge is 2.25. The number of benzene rings is 1. The van der Waals surface area contributed by atoms with Gasteiger partial charge < -0.3 is 19.1 Å². The summed E-state index contributed by atoms with van der Waals surface area (Å²) in [5.74, 6) is 1.49. The van der Waals surface area contributed by atoms with Gasteiger partial charge in [0.15, 0.2) is 11.5 Å². The van der Waals surface area contributed by atoms with Crippen LogP contribution in [0.3, 0.4) is 0 Å². The van der Waals surface area contributed by atoms with Gasteiger partial charge in [0.1, 0.15) is 0 Å². The average molecular weight is 329 g/mol. The zero-order chi connectivity index (χ0) is 16.5. The highest BCUT2D eigenvalue weighted by molar-refractivity contribution is 5.79. The molecular formula is C17H19N3O4. The first-order chi connectivity index (χ1) is 11.7. The highest BCUT2D eigenvalue weighted by atomic mass is 16.7. The summed E-state index contributed by atoms with van der Waals surface area (Å²) in [6, 6.07) is 7.57. The van der Waals surface area contributed by atoms with E-state index in [2.05, 4.69) is 5.10 Å². The topological polar surface area (TPSA) is 65.8 Å². The van der Waals surface area contributed by atoms with Crippen molar-refractivity contribution in [3.05, 3.63) is 41.7 Å². The second kappa shape index (κ2) is 6.16. The number of methoxy groups -OCH3 is 1. The summed E-state index contributed by atoms with van der Waals surface area (Å²) in [5.41, 5.74) is 1.93. The van der Waals surface area contributed by atoms with E-state index < -0.39 is 0 Å². The number of fused-ring (bicyclic) bond motifs is 2. The lowest BCUT2D eigenvalue weighted by molar-refractivity contribution is -0.132. The van der Waals surface area contributed by atoms with Crippen molar-refractivity contribution in [1.82, 2.24) is 14.7 Å². The van der Waals surface area contributed by atoms with E-state index in [9.17, 15) is 4.79 Å². The Labute approximate surface area is 139 Å². The van der Waals surface area contributed by atoms with Gasteiger partial charge in [-0.3, -0.25) is 9.48 Å². The summed E-state index contributed by atoms with van der Waals surface area (Å²) in [7, 11) is 1.67. The second-order valence-electron chi connectivity index (χ2n) is 6.00. The quantitative estimate of drug-likeness (QED) is 0.847. The summed E-state index contributed by atoms with van der Waals surface area (Å²) < 4.78 is 18.1. The van der Waals surface area contributed by atoms with Crippen molar-refractivity contribution in [2.45, 2.75) is 25.6 Å². The molecule has 126 valence electrons. The molecule has 0 unspecified atom stereocenters. The number of hydrogen-bond donors (Lipinski definition) is 0. The van der Waals surface area contributed by atoms with Gasteiger partial charge in [0.25, 0.3) is 0 Å². The summed E-state index contributed by atoms with van der Waals surface area (Å²) in [4.78, 5) is 14.6. The Balaban J connectivity index is 1.51. The Bertz CT molecular complexity index is 758. The predicted molar refractivity (Wildman–Crippen MR) is 84.7 cm³/mol. The van der Waals surface area contributed by atoms with Crippen LogP contribution in [0, 0.1) is 0 Å². The SMILES string of the molecule is CO[C@@H]1CN(C(=O)Cc2ccc3c(c2)OCO3)Cc2ccnn2C1. The first-order valence-corrected chi connectivity index (χ1v) is 7.92. The third-order valence-electron chi connectivity index (χ3n) is 4.44. The highest BCUT2D eigenvalue weighted by Crippen LogP contribution is 2.32. The van der Waals surface area contributed by atoms with Crippen LogP contribution in [-0.2, 0) is 29.0 Å². The van der Waals surface area contributed by atoms with Crippen LogP contribution in [0.4, 0.5) is 0 Å². The fourth-order valence-electron chi connectivity index (χ4n) is 3.09. The van der Waals surface area contributed by atoms with E-state index in [0.29, 0.717) is 31.8 Å². The number of nitrogens with zero attached hydrogens (tertiary/aromatic N) is 3. The molecule has 2 aliphatic heterocycles. The maximum atomic E-state index is 12.8. The molecule has 24 heavy (non-hydrogen) atoms. The van der Waals surface area contributed by atoms with Crippen LogP contribution >= 0.6 is 0 Å². The average Bonchev–Trinajstić information content (AvgIpc) is 3.18. The molecule has 2 aliphatic rings. The third-order valence-corrected chi connectivity index (χ3v) is 4.44. The van der Waals surface area contributed by atoms with E-state index in [1.54, 1.807) is 13.3 Å². The molecule has 0 fully saturated rings. The van der Waals surface area contributed by atoms with Crippen molar-refractivity contribution in [3.63, 3.8) is 0 Å². The number of ether oxygens (including phenoxy) is 3. The summed E-state index contributed by atoms with van der Waals surface area (Å²) in [5, 5.41) is 4.30. The number of carbonyl (C=O) groups is 1. The molecule has 0 aliphatic carbocycles. The maximum Gasteiger partial charge on any atom is 0.231 e. The predicted octanol–water partition coefficient (Wildman–Crippen LogP) is 1.21. The minimum absolute atomic E-state index is 0.0607. The maximum absolute atomic E-state index is 12.8. The molecule has 0 N–H and O–H groups in total. The number of carbonyl (C=O) groups excluding carboxylic acids is 1. The normalized spacial score (nSPS) is 19.0. The van der Waals surface area contributed by atoms with Crippen LogP contribution in [-0.4, -0.2) is 47.1 Å². The van der Waals surface area contributed by atoms with Crippen molar-refractivity contribution < 1.29 is 19.0 Å². The Morgan fingerprint density at radius 1 is 1.29 bits per heavy atom. The molecule has 4 rings (SSSR count). The number of amides is 1. The Hall–Kier alpha value is -2.54. The summed E-state index contributed by atoms with van der Waals surface area (Å²) in [6.45, 7) is 2.00. The molecule has 0 saturated carbocycles. The largest absolute Gasteiger partial charge is 0.454 e. The standard InChI is InChI=1S/C17H19N3O4/c1-22-14-9-19(8-13-4-5-18-20(13)10-14)17(21)7-12-2-3-15-16(6-12)24-11-23-15/h2-6,14H,7-11H2,1H3/t14-/m1/s1. The second-order valence-corrected chi connectivity index (χ2v) is 6.00. The van der Waals surface area contributed by atoms with Gasteiger partial charge in [-0.1, -0.05) is 6.07 Å². The molecule has 1 amide bonds.